The molecule has 2 aromatic rings. The molecule has 24 heavy (non-hydrogen) atoms. The third kappa shape index (κ3) is 4.12. The Balaban J connectivity index is 2.05. The number of thiophene rings is 1. The molecule has 0 saturated carbocycles. The maximum Gasteiger partial charge on any atom is 0.341 e. The summed E-state index contributed by atoms with van der Waals surface area (Å²) in [5.41, 5.74) is 5.72. The van der Waals surface area contributed by atoms with E-state index in [-0.39, 0.29) is 5.56 Å². The second-order valence-electron chi connectivity index (χ2n) is 4.62. The van der Waals surface area contributed by atoms with Crippen LogP contribution in [0.2, 0.25) is 0 Å². The Hall–Kier alpha value is -2.39. The molecule has 0 radical (unpaired) electrons. The molecule has 0 aromatic carbocycles. The first kappa shape index (κ1) is 18.0. The summed E-state index contributed by atoms with van der Waals surface area (Å²) in [4.78, 5) is 39.7. The molecule has 1 atom stereocenters. The average Bonchev–Trinajstić information content (AvgIpc) is 3.02. The van der Waals surface area contributed by atoms with Gasteiger partial charge in [0.2, 0.25) is 0 Å². The normalized spacial score (nSPS) is 11.6. The topological polar surface area (TPSA) is 111 Å². The van der Waals surface area contributed by atoms with Gasteiger partial charge in [-0.3, -0.25) is 9.59 Å². The van der Waals surface area contributed by atoms with Crippen LogP contribution in [0.4, 0.5) is 5.00 Å². The van der Waals surface area contributed by atoms with Gasteiger partial charge in [0.1, 0.15) is 10.0 Å². The standard InChI is InChI=1S/C15H15N3O4S2/c1-8(12(20)18-14-9(11(16)19)5-7-24-14)22-15(21)10-4-3-6-17-13(10)23-2/h3-8H,1-2H3,(H2,16,19)(H,18,20). The van der Waals surface area contributed by atoms with Gasteiger partial charge >= 0.3 is 5.97 Å². The van der Waals surface area contributed by atoms with E-state index in [0.717, 1.165) is 11.3 Å². The van der Waals surface area contributed by atoms with E-state index in [4.69, 9.17) is 10.5 Å². The first-order valence-corrected chi connectivity index (χ1v) is 8.92. The minimum Gasteiger partial charge on any atom is -0.449 e. The molecule has 3 N–H and O–H groups in total. The number of pyridine rings is 1. The van der Waals surface area contributed by atoms with Crippen molar-refractivity contribution in [1.82, 2.24) is 4.98 Å². The fraction of sp³-hybridized carbons (Fsp3) is 0.200. The molecule has 0 aliphatic rings. The van der Waals surface area contributed by atoms with Crippen LogP contribution in [0.3, 0.4) is 0 Å². The van der Waals surface area contributed by atoms with Crippen molar-refractivity contribution in [2.24, 2.45) is 5.73 Å². The van der Waals surface area contributed by atoms with Crippen molar-refractivity contribution in [2.75, 3.05) is 11.6 Å². The molecule has 0 aliphatic heterocycles. The maximum absolute atomic E-state index is 12.2. The van der Waals surface area contributed by atoms with E-state index in [0.29, 0.717) is 15.6 Å². The van der Waals surface area contributed by atoms with Gasteiger partial charge in [0, 0.05) is 6.20 Å². The van der Waals surface area contributed by atoms with Gasteiger partial charge in [0.15, 0.2) is 6.10 Å². The summed E-state index contributed by atoms with van der Waals surface area (Å²) in [7, 11) is 0. The molecule has 2 rings (SSSR count). The van der Waals surface area contributed by atoms with Gasteiger partial charge in [-0.15, -0.1) is 23.1 Å². The van der Waals surface area contributed by atoms with Crippen LogP contribution in [0.25, 0.3) is 0 Å². The van der Waals surface area contributed by atoms with Gasteiger partial charge in [-0.25, -0.2) is 9.78 Å². The van der Waals surface area contributed by atoms with Gasteiger partial charge in [-0.05, 0) is 36.8 Å². The number of carbonyl (C=O) groups excluding carboxylic acids is 3. The van der Waals surface area contributed by atoms with Crippen LogP contribution in [0, 0.1) is 0 Å². The third-order valence-corrected chi connectivity index (χ3v) is 4.55. The molecule has 2 heterocycles. The van der Waals surface area contributed by atoms with Crippen molar-refractivity contribution in [2.45, 2.75) is 18.1 Å². The molecule has 1 unspecified atom stereocenters. The lowest BCUT2D eigenvalue weighted by atomic mass is 10.3. The zero-order valence-corrected chi connectivity index (χ0v) is 14.6. The van der Waals surface area contributed by atoms with Crippen molar-refractivity contribution < 1.29 is 19.1 Å². The van der Waals surface area contributed by atoms with Crippen LogP contribution >= 0.6 is 23.1 Å². The highest BCUT2D eigenvalue weighted by atomic mass is 32.2. The number of hydrogen-bond acceptors (Lipinski definition) is 7. The molecule has 2 amide bonds. The maximum atomic E-state index is 12.2. The number of nitrogens with one attached hydrogen (secondary N) is 1. The minimum atomic E-state index is -1.05. The van der Waals surface area contributed by atoms with E-state index in [1.54, 1.807) is 30.0 Å². The first-order valence-electron chi connectivity index (χ1n) is 6.82. The number of amides is 2. The summed E-state index contributed by atoms with van der Waals surface area (Å²) in [5, 5.41) is 5.01. The van der Waals surface area contributed by atoms with Crippen molar-refractivity contribution >= 4 is 45.9 Å². The smallest absolute Gasteiger partial charge is 0.341 e. The van der Waals surface area contributed by atoms with Crippen molar-refractivity contribution in [3.63, 3.8) is 0 Å². The molecule has 0 saturated heterocycles. The minimum absolute atomic E-state index is 0.212. The number of rotatable bonds is 6. The summed E-state index contributed by atoms with van der Waals surface area (Å²) in [6.07, 6.45) is 2.31. The first-order chi connectivity index (χ1) is 11.4. The van der Waals surface area contributed by atoms with E-state index >= 15 is 0 Å². The Kier molecular flexibility index (Phi) is 5.93. The fourth-order valence-corrected chi connectivity index (χ4v) is 3.13. The molecular formula is C15H15N3O4S2. The predicted molar refractivity (Wildman–Crippen MR) is 92.4 cm³/mol. The van der Waals surface area contributed by atoms with Crippen LogP contribution in [0.15, 0.2) is 34.8 Å². The third-order valence-electron chi connectivity index (χ3n) is 3.00. The Bertz CT molecular complexity index is 776. The Morgan fingerprint density at radius 3 is 2.75 bits per heavy atom. The Labute approximate surface area is 146 Å². The molecule has 0 bridgehead atoms. The molecule has 0 spiro atoms. The second kappa shape index (κ2) is 7.93. The number of thioether (sulfide) groups is 1. The molecule has 9 heteroatoms. The Morgan fingerprint density at radius 1 is 1.33 bits per heavy atom. The van der Waals surface area contributed by atoms with E-state index in [9.17, 15) is 14.4 Å². The van der Waals surface area contributed by atoms with Crippen molar-refractivity contribution in [3.05, 3.63) is 40.9 Å². The summed E-state index contributed by atoms with van der Waals surface area (Å²) in [5.74, 6) is -1.84. The summed E-state index contributed by atoms with van der Waals surface area (Å²) < 4.78 is 5.17. The quantitative estimate of drug-likeness (QED) is 0.599. The van der Waals surface area contributed by atoms with Gasteiger partial charge in [0.05, 0.1) is 11.1 Å². The van der Waals surface area contributed by atoms with Crippen molar-refractivity contribution in [1.29, 1.82) is 0 Å². The largest absolute Gasteiger partial charge is 0.449 e. The predicted octanol–water partition coefficient (Wildman–Crippen LogP) is 2.15. The number of hydrogen-bond donors (Lipinski definition) is 2. The van der Waals surface area contributed by atoms with Gasteiger partial charge in [-0.2, -0.15) is 0 Å². The zero-order chi connectivity index (χ0) is 17.7. The fourth-order valence-electron chi connectivity index (χ4n) is 1.80. The van der Waals surface area contributed by atoms with E-state index < -0.39 is 23.9 Å². The molecular weight excluding hydrogens is 350 g/mol. The number of ether oxygens (including phenoxy) is 1. The number of anilines is 1. The Morgan fingerprint density at radius 2 is 2.08 bits per heavy atom. The average molecular weight is 365 g/mol. The number of primary amides is 1. The summed E-state index contributed by atoms with van der Waals surface area (Å²) in [6.45, 7) is 1.44. The number of carbonyl (C=O) groups is 3. The van der Waals surface area contributed by atoms with E-state index in [2.05, 4.69) is 10.3 Å². The highest BCUT2D eigenvalue weighted by Gasteiger charge is 2.22. The highest BCUT2D eigenvalue weighted by molar-refractivity contribution is 7.98. The van der Waals surface area contributed by atoms with E-state index in [1.165, 1.54) is 24.8 Å². The molecule has 2 aromatic heterocycles. The number of nitrogens with two attached hydrogens (primary N) is 1. The lowest BCUT2D eigenvalue weighted by molar-refractivity contribution is -0.123. The molecule has 0 aliphatic carbocycles. The van der Waals surface area contributed by atoms with Crippen LogP contribution in [0.5, 0.6) is 0 Å². The number of nitrogens with zero attached hydrogens (tertiary/aromatic N) is 1. The van der Waals surface area contributed by atoms with Gasteiger partial charge < -0.3 is 15.8 Å². The van der Waals surface area contributed by atoms with Gasteiger partial charge in [0.25, 0.3) is 11.8 Å². The van der Waals surface area contributed by atoms with Crippen LogP contribution in [-0.4, -0.2) is 35.1 Å². The molecule has 0 fully saturated rings. The van der Waals surface area contributed by atoms with Gasteiger partial charge in [-0.1, -0.05) is 0 Å². The number of esters is 1. The van der Waals surface area contributed by atoms with Crippen molar-refractivity contribution in [3.8, 4) is 0 Å². The molecule has 126 valence electrons. The van der Waals surface area contributed by atoms with Crippen LogP contribution in [0.1, 0.15) is 27.6 Å². The monoisotopic (exact) mass is 365 g/mol. The van der Waals surface area contributed by atoms with Crippen LogP contribution in [-0.2, 0) is 9.53 Å². The van der Waals surface area contributed by atoms with Crippen LogP contribution < -0.4 is 11.1 Å². The highest BCUT2D eigenvalue weighted by Crippen LogP contribution is 2.23. The number of aromatic nitrogens is 1. The second-order valence-corrected chi connectivity index (χ2v) is 6.34. The zero-order valence-electron chi connectivity index (χ0n) is 12.9. The lowest BCUT2D eigenvalue weighted by Crippen LogP contribution is -2.30. The SMILES string of the molecule is CSc1ncccc1C(=O)OC(C)C(=O)Nc1sccc1C(N)=O. The van der Waals surface area contributed by atoms with E-state index in [1.807, 2.05) is 0 Å². The summed E-state index contributed by atoms with van der Waals surface area (Å²) >= 11 is 2.46. The summed E-state index contributed by atoms with van der Waals surface area (Å²) in [6, 6.07) is 4.71. The lowest BCUT2D eigenvalue weighted by Gasteiger charge is -2.14. The molecule has 7 nitrogen and oxygen atoms in total.